The number of carbonyl (C=O) groups is 1. The Morgan fingerprint density at radius 1 is 1.53 bits per heavy atom. The van der Waals surface area contributed by atoms with E-state index in [1.54, 1.807) is 6.20 Å². The Morgan fingerprint density at radius 3 is 3.21 bits per heavy atom. The van der Waals surface area contributed by atoms with Crippen LogP contribution in [0.1, 0.15) is 21.5 Å². The summed E-state index contributed by atoms with van der Waals surface area (Å²) in [6, 6.07) is 4.03. The summed E-state index contributed by atoms with van der Waals surface area (Å²) in [5, 5.41) is 9.23. The van der Waals surface area contributed by atoms with Gasteiger partial charge in [-0.2, -0.15) is 5.10 Å². The monoisotopic (exact) mass is 321 g/mol. The number of aromatic amines is 1. The number of fused-ring (bicyclic) bond motifs is 1. The number of amides is 1. The topological polar surface area (TPSA) is 67.0 Å². The largest absolute Gasteiger partial charge is 0.493 e. The second kappa shape index (κ2) is 5.05. The lowest BCUT2D eigenvalue weighted by molar-refractivity contribution is 0.0950. The quantitative estimate of drug-likeness (QED) is 0.909. The van der Waals surface area contributed by atoms with Crippen LogP contribution >= 0.6 is 15.9 Å². The molecule has 1 aliphatic rings. The predicted molar refractivity (Wildman–Crippen MR) is 73.1 cm³/mol. The maximum atomic E-state index is 11.8. The lowest BCUT2D eigenvalue weighted by Gasteiger charge is -2.10. The zero-order valence-electron chi connectivity index (χ0n) is 10.1. The highest BCUT2D eigenvalue weighted by Gasteiger charge is 2.18. The van der Waals surface area contributed by atoms with Crippen molar-refractivity contribution in [3.63, 3.8) is 0 Å². The van der Waals surface area contributed by atoms with Crippen LogP contribution < -0.4 is 10.1 Å². The highest BCUT2D eigenvalue weighted by atomic mass is 79.9. The van der Waals surface area contributed by atoms with E-state index in [-0.39, 0.29) is 5.91 Å². The van der Waals surface area contributed by atoms with E-state index in [1.165, 1.54) is 11.8 Å². The summed E-state index contributed by atoms with van der Waals surface area (Å²) < 4.78 is 6.62. The van der Waals surface area contributed by atoms with Crippen LogP contribution in [0.2, 0.25) is 0 Å². The molecule has 0 fully saturated rings. The Labute approximate surface area is 118 Å². The van der Waals surface area contributed by atoms with E-state index in [2.05, 4.69) is 37.5 Å². The number of benzene rings is 1. The van der Waals surface area contributed by atoms with Crippen LogP contribution in [0.5, 0.6) is 5.75 Å². The van der Waals surface area contributed by atoms with Gasteiger partial charge in [-0.25, -0.2) is 0 Å². The van der Waals surface area contributed by atoms with Crippen molar-refractivity contribution < 1.29 is 9.53 Å². The van der Waals surface area contributed by atoms with Crippen molar-refractivity contribution in [3.05, 3.63) is 45.7 Å². The fraction of sp³-hybridized carbons (Fsp3) is 0.231. The zero-order valence-corrected chi connectivity index (χ0v) is 11.7. The molecule has 0 atom stereocenters. The van der Waals surface area contributed by atoms with Crippen LogP contribution in [0, 0.1) is 0 Å². The Bertz CT molecular complexity index is 611. The summed E-state index contributed by atoms with van der Waals surface area (Å²) in [4.78, 5) is 11.8. The molecular weight excluding hydrogens is 310 g/mol. The fourth-order valence-corrected chi connectivity index (χ4v) is 2.68. The lowest BCUT2D eigenvalue weighted by Crippen LogP contribution is -2.22. The average molecular weight is 322 g/mol. The fourth-order valence-electron chi connectivity index (χ4n) is 2.13. The Balaban J connectivity index is 1.76. The van der Waals surface area contributed by atoms with Crippen LogP contribution in [0.4, 0.5) is 0 Å². The molecular formula is C13H12BrN3O2. The van der Waals surface area contributed by atoms with Gasteiger partial charge in [0.25, 0.3) is 5.91 Å². The lowest BCUT2D eigenvalue weighted by atomic mass is 10.1. The van der Waals surface area contributed by atoms with Crippen LogP contribution in [0.25, 0.3) is 0 Å². The highest BCUT2D eigenvalue weighted by molar-refractivity contribution is 9.10. The van der Waals surface area contributed by atoms with E-state index < -0.39 is 0 Å². The standard InChI is InChI=1S/C13H12BrN3O2/c14-11-3-8-1-2-19-12(8)9(4-11)5-15-13(18)10-6-16-17-7-10/h3-4,6-7H,1-2,5H2,(H,15,18)(H,16,17). The van der Waals surface area contributed by atoms with Crippen molar-refractivity contribution in [1.82, 2.24) is 15.5 Å². The van der Waals surface area contributed by atoms with Gasteiger partial charge in [0, 0.05) is 29.2 Å². The molecule has 1 aromatic carbocycles. The predicted octanol–water partition coefficient (Wildman–Crippen LogP) is 2.04. The smallest absolute Gasteiger partial charge is 0.254 e. The molecule has 98 valence electrons. The van der Waals surface area contributed by atoms with Crippen molar-refractivity contribution in [2.75, 3.05) is 6.61 Å². The first kappa shape index (κ1) is 12.2. The molecule has 5 nitrogen and oxygen atoms in total. The number of H-pyrrole nitrogens is 1. The maximum Gasteiger partial charge on any atom is 0.254 e. The van der Waals surface area contributed by atoms with Gasteiger partial charge in [-0.3, -0.25) is 9.89 Å². The number of hydrogen-bond acceptors (Lipinski definition) is 3. The average Bonchev–Trinajstić information content (AvgIpc) is 3.05. The molecule has 1 aromatic heterocycles. The molecule has 2 heterocycles. The van der Waals surface area contributed by atoms with Gasteiger partial charge in [-0.15, -0.1) is 0 Å². The van der Waals surface area contributed by atoms with Crippen molar-refractivity contribution >= 4 is 21.8 Å². The van der Waals surface area contributed by atoms with Gasteiger partial charge in [0.1, 0.15) is 5.75 Å². The van der Waals surface area contributed by atoms with Gasteiger partial charge < -0.3 is 10.1 Å². The van der Waals surface area contributed by atoms with Gasteiger partial charge in [-0.1, -0.05) is 15.9 Å². The molecule has 0 saturated carbocycles. The van der Waals surface area contributed by atoms with Gasteiger partial charge in [-0.05, 0) is 17.7 Å². The van der Waals surface area contributed by atoms with Crippen LogP contribution in [0.3, 0.4) is 0 Å². The summed E-state index contributed by atoms with van der Waals surface area (Å²) in [6.45, 7) is 1.14. The van der Waals surface area contributed by atoms with Crippen molar-refractivity contribution in [3.8, 4) is 5.75 Å². The number of nitrogens with one attached hydrogen (secondary N) is 2. The highest BCUT2D eigenvalue weighted by Crippen LogP contribution is 2.32. The Kier molecular flexibility index (Phi) is 3.25. The number of ether oxygens (including phenoxy) is 1. The summed E-state index contributed by atoms with van der Waals surface area (Å²) in [6.07, 6.45) is 3.98. The first-order chi connectivity index (χ1) is 9.24. The van der Waals surface area contributed by atoms with Gasteiger partial charge in [0.2, 0.25) is 0 Å². The summed E-state index contributed by atoms with van der Waals surface area (Å²) in [5.74, 6) is 0.746. The van der Waals surface area contributed by atoms with Crippen molar-refractivity contribution in [2.24, 2.45) is 0 Å². The molecule has 0 radical (unpaired) electrons. The van der Waals surface area contributed by atoms with E-state index in [1.807, 2.05) is 6.07 Å². The first-order valence-electron chi connectivity index (χ1n) is 5.95. The summed E-state index contributed by atoms with van der Waals surface area (Å²) >= 11 is 3.48. The Hall–Kier alpha value is -1.82. The van der Waals surface area contributed by atoms with Crippen LogP contribution in [-0.2, 0) is 13.0 Å². The van der Waals surface area contributed by atoms with E-state index in [0.29, 0.717) is 18.7 Å². The SMILES string of the molecule is O=C(NCc1cc(Br)cc2c1OCC2)c1cn[nH]c1. The molecule has 2 aromatic rings. The van der Waals surface area contributed by atoms with Gasteiger partial charge >= 0.3 is 0 Å². The molecule has 0 bridgehead atoms. The van der Waals surface area contributed by atoms with Gasteiger partial charge in [0.15, 0.2) is 0 Å². The van der Waals surface area contributed by atoms with E-state index in [4.69, 9.17) is 4.74 Å². The first-order valence-corrected chi connectivity index (χ1v) is 6.74. The molecule has 2 N–H and O–H groups in total. The van der Waals surface area contributed by atoms with Crippen molar-refractivity contribution in [1.29, 1.82) is 0 Å². The molecule has 0 saturated heterocycles. The minimum Gasteiger partial charge on any atom is -0.493 e. The van der Waals surface area contributed by atoms with Gasteiger partial charge in [0.05, 0.1) is 18.4 Å². The number of halogens is 1. The van der Waals surface area contributed by atoms with Crippen LogP contribution in [0.15, 0.2) is 29.0 Å². The third-order valence-corrected chi connectivity index (χ3v) is 3.48. The van der Waals surface area contributed by atoms with Crippen molar-refractivity contribution in [2.45, 2.75) is 13.0 Å². The Morgan fingerprint density at radius 2 is 2.42 bits per heavy atom. The number of aromatic nitrogens is 2. The minimum atomic E-state index is -0.152. The molecule has 0 spiro atoms. The zero-order chi connectivity index (χ0) is 13.2. The normalized spacial score (nSPS) is 12.9. The van der Waals surface area contributed by atoms with Crippen LogP contribution in [-0.4, -0.2) is 22.7 Å². The molecule has 0 aliphatic carbocycles. The molecule has 6 heteroatoms. The molecule has 19 heavy (non-hydrogen) atoms. The minimum absolute atomic E-state index is 0.152. The summed E-state index contributed by atoms with van der Waals surface area (Å²) in [7, 11) is 0. The second-order valence-electron chi connectivity index (χ2n) is 4.32. The number of rotatable bonds is 3. The van der Waals surface area contributed by atoms with E-state index in [9.17, 15) is 4.79 Å². The number of carbonyl (C=O) groups excluding carboxylic acids is 1. The second-order valence-corrected chi connectivity index (χ2v) is 5.24. The molecule has 0 unspecified atom stereocenters. The number of hydrogen-bond donors (Lipinski definition) is 2. The molecule has 1 amide bonds. The third kappa shape index (κ3) is 2.49. The number of nitrogens with zero attached hydrogens (tertiary/aromatic N) is 1. The molecule has 1 aliphatic heterocycles. The van der Waals surface area contributed by atoms with E-state index >= 15 is 0 Å². The third-order valence-electron chi connectivity index (χ3n) is 3.03. The summed E-state index contributed by atoms with van der Waals surface area (Å²) in [5.41, 5.74) is 2.69. The van der Waals surface area contributed by atoms with E-state index in [0.717, 1.165) is 22.2 Å². The molecule has 3 rings (SSSR count). The maximum absolute atomic E-state index is 11.8.